The molecule has 0 aliphatic carbocycles. The fourth-order valence-corrected chi connectivity index (χ4v) is 2.57. The van der Waals surface area contributed by atoms with Crippen molar-refractivity contribution in [3.05, 3.63) is 29.6 Å². The lowest BCUT2D eigenvalue weighted by Crippen LogP contribution is -2.28. The van der Waals surface area contributed by atoms with Gasteiger partial charge in [-0.15, -0.1) is 0 Å². The third-order valence-electron chi connectivity index (χ3n) is 2.24. The molecule has 0 saturated heterocycles. The van der Waals surface area contributed by atoms with Gasteiger partial charge >= 0.3 is 5.97 Å². The second kappa shape index (κ2) is 6.60. The molecule has 0 fully saturated rings. The maximum atomic E-state index is 13.2. The number of sulfonamides is 1. The SMILES string of the molecule is COCCNS(=O)(=O)c1cc(F)ccc1C(=O)OC. The summed E-state index contributed by atoms with van der Waals surface area (Å²) in [4.78, 5) is 11.0. The molecule has 0 amide bonds. The Balaban J connectivity index is 3.16. The van der Waals surface area contributed by atoms with Crippen LogP contribution in [0.5, 0.6) is 0 Å². The maximum absolute atomic E-state index is 13.2. The van der Waals surface area contributed by atoms with Crippen molar-refractivity contribution in [1.82, 2.24) is 4.72 Å². The van der Waals surface area contributed by atoms with Crippen molar-refractivity contribution in [3.63, 3.8) is 0 Å². The van der Waals surface area contributed by atoms with E-state index in [1.165, 1.54) is 7.11 Å². The molecule has 1 rings (SSSR count). The van der Waals surface area contributed by atoms with E-state index in [-0.39, 0.29) is 18.7 Å². The van der Waals surface area contributed by atoms with Gasteiger partial charge in [-0.2, -0.15) is 0 Å². The first-order valence-electron chi connectivity index (χ1n) is 5.29. The Kier molecular flexibility index (Phi) is 5.40. The van der Waals surface area contributed by atoms with Gasteiger partial charge in [-0.25, -0.2) is 22.3 Å². The largest absolute Gasteiger partial charge is 0.465 e. The van der Waals surface area contributed by atoms with Crippen molar-refractivity contribution in [2.45, 2.75) is 4.90 Å². The van der Waals surface area contributed by atoms with Crippen LogP contribution in [0.15, 0.2) is 23.1 Å². The van der Waals surface area contributed by atoms with E-state index in [2.05, 4.69) is 9.46 Å². The highest BCUT2D eigenvalue weighted by molar-refractivity contribution is 7.89. The number of ether oxygens (including phenoxy) is 2. The second-order valence-electron chi connectivity index (χ2n) is 3.52. The van der Waals surface area contributed by atoms with E-state index < -0.39 is 26.7 Å². The quantitative estimate of drug-likeness (QED) is 0.611. The molecule has 0 unspecified atom stereocenters. The summed E-state index contributed by atoms with van der Waals surface area (Å²) in [5.74, 6) is -1.62. The molecule has 1 aromatic rings. The molecule has 0 saturated carbocycles. The number of rotatable bonds is 6. The van der Waals surface area contributed by atoms with Crippen LogP contribution in [-0.2, 0) is 19.5 Å². The van der Waals surface area contributed by atoms with E-state index in [1.54, 1.807) is 0 Å². The molecular weight excluding hydrogens is 277 g/mol. The summed E-state index contributed by atoms with van der Waals surface area (Å²) in [7, 11) is -1.49. The summed E-state index contributed by atoms with van der Waals surface area (Å²) < 4.78 is 48.4. The minimum absolute atomic E-state index is 0.00988. The lowest BCUT2D eigenvalue weighted by molar-refractivity contribution is 0.0596. The molecule has 1 aromatic carbocycles. The average Bonchev–Trinajstić information content (AvgIpc) is 2.38. The van der Waals surface area contributed by atoms with Gasteiger partial charge in [0.05, 0.1) is 24.2 Å². The van der Waals surface area contributed by atoms with Crippen LogP contribution in [0, 0.1) is 5.82 Å². The Labute approximate surface area is 110 Å². The normalized spacial score (nSPS) is 11.3. The van der Waals surface area contributed by atoms with Gasteiger partial charge in [0.1, 0.15) is 5.82 Å². The van der Waals surface area contributed by atoms with Crippen LogP contribution in [0.3, 0.4) is 0 Å². The minimum atomic E-state index is -4.01. The van der Waals surface area contributed by atoms with Gasteiger partial charge in [0.15, 0.2) is 0 Å². The molecule has 6 nitrogen and oxygen atoms in total. The van der Waals surface area contributed by atoms with Crippen LogP contribution >= 0.6 is 0 Å². The summed E-state index contributed by atoms with van der Waals surface area (Å²) in [6.45, 7) is 0.165. The van der Waals surface area contributed by atoms with E-state index in [9.17, 15) is 17.6 Å². The summed E-state index contributed by atoms with van der Waals surface area (Å²) in [6.07, 6.45) is 0. The number of nitrogens with one attached hydrogen (secondary N) is 1. The molecule has 0 atom stereocenters. The lowest BCUT2D eigenvalue weighted by Gasteiger charge is -2.10. The van der Waals surface area contributed by atoms with E-state index in [1.807, 2.05) is 0 Å². The van der Waals surface area contributed by atoms with E-state index in [0.717, 1.165) is 25.3 Å². The van der Waals surface area contributed by atoms with Crippen molar-refractivity contribution in [3.8, 4) is 0 Å². The predicted octanol–water partition coefficient (Wildman–Crippen LogP) is 0.537. The first-order chi connectivity index (χ1) is 8.92. The molecule has 1 N–H and O–H groups in total. The highest BCUT2D eigenvalue weighted by atomic mass is 32.2. The number of hydrogen-bond donors (Lipinski definition) is 1. The van der Waals surface area contributed by atoms with Gasteiger partial charge in [0.2, 0.25) is 10.0 Å². The third kappa shape index (κ3) is 3.98. The Hall–Kier alpha value is -1.51. The number of carbonyl (C=O) groups is 1. The van der Waals surface area contributed by atoms with Gasteiger partial charge in [-0.3, -0.25) is 0 Å². The molecule has 0 heterocycles. The molecule has 106 valence electrons. The van der Waals surface area contributed by atoms with Gasteiger partial charge in [0.25, 0.3) is 0 Å². The van der Waals surface area contributed by atoms with E-state index >= 15 is 0 Å². The van der Waals surface area contributed by atoms with Crippen LogP contribution in [0.1, 0.15) is 10.4 Å². The molecule has 19 heavy (non-hydrogen) atoms. The summed E-state index contributed by atoms with van der Waals surface area (Å²) >= 11 is 0. The topological polar surface area (TPSA) is 81.7 Å². The minimum Gasteiger partial charge on any atom is -0.465 e. The van der Waals surface area contributed by atoms with Crippen molar-refractivity contribution in [2.75, 3.05) is 27.4 Å². The molecule has 0 aromatic heterocycles. The zero-order valence-electron chi connectivity index (χ0n) is 10.5. The third-order valence-corrected chi connectivity index (χ3v) is 3.74. The standard InChI is InChI=1S/C11H14FNO5S/c1-17-6-5-13-19(15,16)10-7-8(12)3-4-9(10)11(14)18-2/h3-4,7,13H,5-6H2,1-2H3. The molecule has 0 bridgehead atoms. The Bertz CT molecular complexity index is 558. The van der Waals surface area contributed by atoms with E-state index in [4.69, 9.17) is 4.74 Å². The molecule has 8 heteroatoms. The van der Waals surface area contributed by atoms with E-state index in [0.29, 0.717) is 0 Å². The number of esters is 1. The zero-order chi connectivity index (χ0) is 14.5. The highest BCUT2D eigenvalue weighted by Gasteiger charge is 2.23. The van der Waals surface area contributed by atoms with Gasteiger partial charge in [-0.05, 0) is 18.2 Å². The number of halogens is 1. The maximum Gasteiger partial charge on any atom is 0.339 e. The van der Waals surface area contributed by atoms with Crippen molar-refractivity contribution in [1.29, 1.82) is 0 Å². The summed E-state index contributed by atoms with van der Waals surface area (Å²) in [5.41, 5.74) is -0.228. The monoisotopic (exact) mass is 291 g/mol. The van der Waals surface area contributed by atoms with Gasteiger partial charge in [-0.1, -0.05) is 0 Å². The smallest absolute Gasteiger partial charge is 0.339 e. The fourth-order valence-electron chi connectivity index (χ4n) is 1.35. The second-order valence-corrected chi connectivity index (χ2v) is 5.26. The molecule has 0 radical (unpaired) electrons. The molecule has 0 aliphatic heterocycles. The molecule has 0 spiro atoms. The summed E-state index contributed by atoms with van der Waals surface area (Å²) in [6, 6.07) is 2.81. The van der Waals surface area contributed by atoms with Crippen LogP contribution in [0.4, 0.5) is 4.39 Å². The van der Waals surface area contributed by atoms with Gasteiger partial charge < -0.3 is 9.47 Å². The average molecular weight is 291 g/mol. The number of hydrogen-bond acceptors (Lipinski definition) is 5. The van der Waals surface area contributed by atoms with Crippen LogP contribution < -0.4 is 4.72 Å². The van der Waals surface area contributed by atoms with Crippen molar-refractivity contribution < 1.29 is 27.1 Å². The van der Waals surface area contributed by atoms with Crippen molar-refractivity contribution >= 4 is 16.0 Å². The highest BCUT2D eigenvalue weighted by Crippen LogP contribution is 2.18. The Morgan fingerprint density at radius 1 is 1.37 bits per heavy atom. The lowest BCUT2D eigenvalue weighted by atomic mass is 10.2. The summed E-state index contributed by atoms with van der Waals surface area (Å²) in [5, 5.41) is 0. The first-order valence-corrected chi connectivity index (χ1v) is 6.77. The first kappa shape index (κ1) is 15.5. The number of methoxy groups -OCH3 is 2. The van der Waals surface area contributed by atoms with Gasteiger partial charge in [0, 0.05) is 13.7 Å². The molecule has 0 aliphatic rings. The Morgan fingerprint density at radius 3 is 2.63 bits per heavy atom. The number of carbonyl (C=O) groups excluding carboxylic acids is 1. The van der Waals surface area contributed by atoms with Crippen LogP contribution in [0.25, 0.3) is 0 Å². The van der Waals surface area contributed by atoms with Crippen molar-refractivity contribution in [2.24, 2.45) is 0 Å². The predicted molar refractivity (Wildman–Crippen MR) is 64.8 cm³/mol. The van der Waals surface area contributed by atoms with Crippen LogP contribution in [0.2, 0.25) is 0 Å². The molecular formula is C11H14FNO5S. The fraction of sp³-hybridized carbons (Fsp3) is 0.364. The zero-order valence-corrected chi connectivity index (χ0v) is 11.3. The van der Waals surface area contributed by atoms with Crippen LogP contribution in [-0.4, -0.2) is 41.8 Å². The number of benzene rings is 1. The Morgan fingerprint density at radius 2 is 2.05 bits per heavy atom.